The molecule has 0 radical (unpaired) electrons. The molecule has 1 fully saturated rings. The second kappa shape index (κ2) is 12.9. The number of rotatable bonds is 8. The van der Waals surface area contributed by atoms with Gasteiger partial charge in [-0.25, -0.2) is 4.99 Å². The number of para-hydroxylation sites is 1. The van der Waals surface area contributed by atoms with Gasteiger partial charge in [-0.1, -0.05) is 43.5 Å². The molecule has 1 aliphatic rings. The van der Waals surface area contributed by atoms with Crippen molar-refractivity contribution in [3.8, 4) is 0 Å². The Kier molecular flexibility index (Phi) is 10.6. The summed E-state index contributed by atoms with van der Waals surface area (Å²) >= 11 is 0. The van der Waals surface area contributed by atoms with Crippen LogP contribution in [-0.4, -0.2) is 36.7 Å². The van der Waals surface area contributed by atoms with Gasteiger partial charge in [0.05, 0.1) is 18.2 Å². The van der Waals surface area contributed by atoms with E-state index in [0.717, 1.165) is 48.5 Å². The smallest absolute Gasteiger partial charge is 0.191 e. The van der Waals surface area contributed by atoms with Crippen LogP contribution < -0.4 is 10.6 Å². The van der Waals surface area contributed by atoms with E-state index >= 15 is 0 Å². The third kappa shape index (κ3) is 7.20. The Balaban J connectivity index is 0.00000280. The molecule has 1 aliphatic carbocycles. The van der Waals surface area contributed by atoms with Gasteiger partial charge in [0.1, 0.15) is 0 Å². The maximum atomic E-state index is 5.99. The van der Waals surface area contributed by atoms with Crippen LogP contribution in [0.5, 0.6) is 0 Å². The van der Waals surface area contributed by atoms with E-state index in [1.165, 1.54) is 32.1 Å². The van der Waals surface area contributed by atoms with Gasteiger partial charge in [0.25, 0.3) is 0 Å². The molecule has 2 N–H and O–H groups in total. The number of nitrogens with zero attached hydrogens (tertiary/aromatic N) is 2. The number of aliphatic imine (C=N–C) groups is 1. The maximum Gasteiger partial charge on any atom is 0.191 e. The summed E-state index contributed by atoms with van der Waals surface area (Å²) in [7, 11) is 0. The van der Waals surface area contributed by atoms with E-state index < -0.39 is 0 Å². The van der Waals surface area contributed by atoms with Gasteiger partial charge in [-0.15, -0.1) is 24.0 Å². The molecule has 0 spiro atoms. The molecular weight excluding hydrogens is 463 g/mol. The molecular formula is C22H33IN4O. The standard InChI is InChI=1S/C22H32N4O.HI/c1-2-23-22(25-15-8-16-27-20-12-4-3-5-13-20)26-17-19-10-6-9-18-11-7-14-24-21(18)19;/h6-7,9-11,14,20H,2-5,8,12-13,15-17H2,1H3,(H2,23,25,26);1H. The Labute approximate surface area is 185 Å². The van der Waals surface area contributed by atoms with Crippen molar-refractivity contribution in [1.29, 1.82) is 0 Å². The lowest BCUT2D eigenvalue weighted by atomic mass is 9.98. The molecule has 1 aromatic carbocycles. The molecule has 154 valence electrons. The van der Waals surface area contributed by atoms with Crippen molar-refractivity contribution in [3.63, 3.8) is 0 Å². The lowest BCUT2D eigenvalue weighted by Crippen LogP contribution is -2.38. The number of hydrogen-bond donors (Lipinski definition) is 2. The molecule has 6 heteroatoms. The second-order valence-electron chi connectivity index (χ2n) is 7.10. The topological polar surface area (TPSA) is 58.5 Å². The van der Waals surface area contributed by atoms with Crippen molar-refractivity contribution in [3.05, 3.63) is 42.1 Å². The summed E-state index contributed by atoms with van der Waals surface area (Å²) in [6, 6.07) is 10.3. The Bertz CT molecular complexity index is 726. The lowest BCUT2D eigenvalue weighted by Gasteiger charge is -2.22. The number of halogens is 1. The molecule has 1 aromatic heterocycles. The number of nitrogens with one attached hydrogen (secondary N) is 2. The fraction of sp³-hybridized carbons (Fsp3) is 0.545. The molecule has 3 rings (SSSR count). The first kappa shape index (κ1) is 22.9. The number of benzene rings is 1. The first-order valence-corrected chi connectivity index (χ1v) is 10.3. The highest BCUT2D eigenvalue weighted by Crippen LogP contribution is 2.20. The third-order valence-corrected chi connectivity index (χ3v) is 4.99. The number of ether oxygens (including phenoxy) is 1. The predicted molar refractivity (Wildman–Crippen MR) is 127 cm³/mol. The zero-order chi connectivity index (χ0) is 18.7. The zero-order valence-corrected chi connectivity index (χ0v) is 19.2. The van der Waals surface area contributed by atoms with Gasteiger partial charge in [0.2, 0.25) is 0 Å². The van der Waals surface area contributed by atoms with Crippen molar-refractivity contribution in [1.82, 2.24) is 15.6 Å². The van der Waals surface area contributed by atoms with E-state index in [-0.39, 0.29) is 24.0 Å². The van der Waals surface area contributed by atoms with Crippen LogP contribution in [0.25, 0.3) is 10.9 Å². The number of fused-ring (bicyclic) bond motifs is 1. The minimum Gasteiger partial charge on any atom is -0.378 e. The van der Waals surface area contributed by atoms with Crippen LogP contribution in [-0.2, 0) is 11.3 Å². The largest absolute Gasteiger partial charge is 0.378 e. The van der Waals surface area contributed by atoms with Crippen LogP contribution in [0.2, 0.25) is 0 Å². The maximum absolute atomic E-state index is 5.99. The third-order valence-electron chi connectivity index (χ3n) is 4.99. The monoisotopic (exact) mass is 496 g/mol. The normalized spacial score (nSPS) is 15.2. The van der Waals surface area contributed by atoms with Gasteiger partial charge in [-0.05, 0) is 37.8 Å². The molecule has 0 amide bonds. The summed E-state index contributed by atoms with van der Waals surface area (Å²) in [6.07, 6.45) is 9.80. The van der Waals surface area contributed by atoms with Crippen molar-refractivity contribution in [2.75, 3.05) is 19.7 Å². The van der Waals surface area contributed by atoms with E-state index in [1.54, 1.807) is 0 Å². The summed E-state index contributed by atoms with van der Waals surface area (Å²) in [6.45, 7) is 5.24. The van der Waals surface area contributed by atoms with Gasteiger partial charge < -0.3 is 15.4 Å². The van der Waals surface area contributed by atoms with Crippen LogP contribution >= 0.6 is 24.0 Å². The quantitative estimate of drug-likeness (QED) is 0.242. The summed E-state index contributed by atoms with van der Waals surface area (Å²) in [4.78, 5) is 9.24. The van der Waals surface area contributed by atoms with Crippen molar-refractivity contribution in [2.24, 2.45) is 4.99 Å². The van der Waals surface area contributed by atoms with Crippen molar-refractivity contribution >= 4 is 40.8 Å². The van der Waals surface area contributed by atoms with Crippen molar-refractivity contribution < 1.29 is 4.74 Å². The molecule has 2 aromatic rings. The van der Waals surface area contributed by atoms with Crippen molar-refractivity contribution in [2.45, 2.75) is 58.1 Å². The average molecular weight is 496 g/mol. The SMILES string of the molecule is CCNC(=NCc1cccc2cccnc12)NCCCOC1CCCCC1.I. The Morgan fingerprint density at radius 2 is 1.96 bits per heavy atom. The van der Waals surface area contributed by atoms with E-state index in [9.17, 15) is 0 Å². The van der Waals surface area contributed by atoms with Crippen LogP contribution in [0, 0.1) is 0 Å². The van der Waals surface area contributed by atoms with Gasteiger partial charge in [0.15, 0.2) is 5.96 Å². The van der Waals surface area contributed by atoms with Crippen LogP contribution in [0.1, 0.15) is 51.0 Å². The van der Waals surface area contributed by atoms with E-state index in [0.29, 0.717) is 12.6 Å². The minimum absolute atomic E-state index is 0. The zero-order valence-electron chi connectivity index (χ0n) is 16.8. The fourth-order valence-corrected chi connectivity index (χ4v) is 3.56. The summed E-state index contributed by atoms with van der Waals surface area (Å²) in [5.74, 6) is 0.850. The van der Waals surface area contributed by atoms with E-state index in [4.69, 9.17) is 9.73 Å². The second-order valence-corrected chi connectivity index (χ2v) is 7.10. The molecule has 0 saturated heterocycles. The minimum atomic E-state index is 0. The molecule has 0 bridgehead atoms. The summed E-state index contributed by atoms with van der Waals surface area (Å²) < 4.78 is 5.99. The van der Waals surface area contributed by atoms with Gasteiger partial charge in [-0.3, -0.25) is 4.98 Å². The molecule has 0 atom stereocenters. The molecule has 0 aliphatic heterocycles. The Morgan fingerprint density at radius 1 is 1.14 bits per heavy atom. The summed E-state index contributed by atoms with van der Waals surface area (Å²) in [5.41, 5.74) is 2.17. The molecule has 1 saturated carbocycles. The van der Waals surface area contributed by atoms with Gasteiger partial charge in [0, 0.05) is 31.3 Å². The first-order chi connectivity index (χ1) is 13.4. The number of guanidine groups is 1. The number of aromatic nitrogens is 1. The fourth-order valence-electron chi connectivity index (χ4n) is 3.56. The molecule has 5 nitrogen and oxygen atoms in total. The Morgan fingerprint density at radius 3 is 2.79 bits per heavy atom. The highest BCUT2D eigenvalue weighted by atomic mass is 127. The highest BCUT2D eigenvalue weighted by molar-refractivity contribution is 14.0. The predicted octanol–water partition coefficient (Wildman–Crippen LogP) is 4.65. The molecule has 28 heavy (non-hydrogen) atoms. The average Bonchev–Trinajstić information content (AvgIpc) is 2.72. The lowest BCUT2D eigenvalue weighted by molar-refractivity contribution is 0.0277. The summed E-state index contributed by atoms with van der Waals surface area (Å²) in [5, 5.41) is 7.89. The van der Waals surface area contributed by atoms with Crippen LogP contribution in [0.4, 0.5) is 0 Å². The highest BCUT2D eigenvalue weighted by Gasteiger charge is 2.13. The van der Waals surface area contributed by atoms with Crippen LogP contribution in [0.15, 0.2) is 41.5 Å². The van der Waals surface area contributed by atoms with Gasteiger partial charge in [-0.2, -0.15) is 0 Å². The molecule has 1 heterocycles. The number of pyridine rings is 1. The van der Waals surface area contributed by atoms with Crippen LogP contribution in [0.3, 0.4) is 0 Å². The Hall–Kier alpha value is -1.41. The first-order valence-electron chi connectivity index (χ1n) is 10.3. The van der Waals surface area contributed by atoms with E-state index in [1.807, 2.05) is 12.3 Å². The molecule has 0 unspecified atom stereocenters. The van der Waals surface area contributed by atoms with E-state index in [2.05, 4.69) is 46.8 Å². The van der Waals surface area contributed by atoms with Gasteiger partial charge >= 0.3 is 0 Å². The number of hydrogen-bond acceptors (Lipinski definition) is 3.